The van der Waals surface area contributed by atoms with Crippen molar-refractivity contribution in [1.29, 1.82) is 0 Å². The van der Waals surface area contributed by atoms with Gasteiger partial charge in [-0.15, -0.1) is 0 Å². The minimum atomic E-state index is -2.38. The van der Waals surface area contributed by atoms with Crippen molar-refractivity contribution in [1.82, 2.24) is 0 Å². The topological polar surface area (TPSA) is 202 Å². The fraction of sp³-hybridized carbons (Fsp3) is 0.406. The summed E-state index contributed by atoms with van der Waals surface area (Å²) >= 11 is 0. The quantitative estimate of drug-likeness (QED) is 0.176. The van der Waals surface area contributed by atoms with Gasteiger partial charge < -0.3 is 52.2 Å². The summed E-state index contributed by atoms with van der Waals surface area (Å²) < 4.78 is 55.7. The second-order valence-electron chi connectivity index (χ2n) is 10.4. The van der Waals surface area contributed by atoms with Crippen LogP contribution in [-0.2, 0) is 42.9 Å². The lowest BCUT2D eigenvalue weighted by atomic mass is 9.96. The normalized spacial score (nSPS) is 18.3. The Kier molecular flexibility index (Phi) is 10.7. The highest BCUT2D eigenvalue weighted by Crippen LogP contribution is 2.42. The largest absolute Gasteiger partial charge is 0.507 e. The number of fused-ring (bicyclic) bond motifs is 1. The molecule has 4 rings (SSSR count). The highest BCUT2D eigenvalue weighted by Gasteiger charge is 2.59. The Hall–Kier alpha value is -5.51. The van der Waals surface area contributed by atoms with Gasteiger partial charge in [-0.05, 0) is 18.2 Å². The fourth-order valence-corrected chi connectivity index (χ4v) is 5.17. The van der Waals surface area contributed by atoms with Gasteiger partial charge >= 0.3 is 29.7 Å². The molecule has 2 aromatic carbocycles. The first-order chi connectivity index (χ1) is 22.7. The lowest BCUT2D eigenvalue weighted by Crippen LogP contribution is -2.64. The zero-order valence-corrected chi connectivity index (χ0v) is 27.1. The van der Waals surface area contributed by atoms with Crippen LogP contribution in [0.3, 0.4) is 0 Å². The molecule has 258 valence electrons. The van der Waals surface area contributed by atoms with Crippen molar-refractivity contribution in [2.75, 3.05) is 27.9 Å². The van der Waals surface area contributed by atoms with Crippen LogP contribution in [0.15, 0.2) is 39.5 Å². The zero-order chi connectivity index (χ0) is 35.3. The number of carbonyl (C=O) groups is 4. The van der Waals surface area contributed by atoms with Crippen molar-refractivity contribution >= 4 is 34.8 Å². The van der Waals surface area contributed by atoms with E-state index in [9.17, 15) is 29.1 Å². The molecule has 1 fully saturated rings. The molecule has 1 saturated heterocycles. The number of phenolic OH excluding ortho intramolecular Hbond substituents is 1. The van der Waals surface area contributed by atoms with Gasteiger partial charge in [0.2, 0.25) is 23.6 Å². The third kappa shape index (κ3) is 7.54. The summed E-state index contributed by atoms with van der Waals surface area (Å²) in [7, 11) is 4.20. The molecule has 0 saturated carbocycles. The molecule has 0 bridgehead atoms. The molecule has 3 atom stereocenters. The van der Waals surface area contributed by atoms with Crippen LogP contribution in [0.5, 0.6) is 28.7 Å². The van der Waals surface area contributed by atoms with Crippen molar-refractivity contribution in [3.05, 3.63) is 40.6 Å². The number of methoxy groups -OCH3 is 3. The third-order valence-corrected chi connectivity index (χ3v) is 6.96. The lowest BCUT2D eigenvalue weighted by Gasteiger charge is -2.46. The number of ether oxygens (including phenoxy) is 9. The Morgan fingerprint density at radius 2 is 1.54 bits per heavy atom. The predicted molar refractivity (Wildman–Crippen MR) is 162 cm³/mol. The molecule has 48 heavy (non-hydrogen) atoms. The van der Waals surface area contributed by atoms with Gasteiger partial charge in [0, 0.05) is 45.4 Å². The van der Waals surface area contributed by atoms with Crippen LogP contribution < -0.4 is 24.4 Å². The number of carbonyl (C=O) groups excluding carboxylic acids is 4. The van der Waals surface area contributed by atoms with E-state index in [2.05, 4.69) is 0 Å². The molecular formula is C32H34O16. The van der Waals surface area contributed by atoms with Crippen molar-refractivity contribution in [3.63, 3.8) is 0 Å². The van der Waals surface area contributed by atoms with Gasteiger partial charge in [0.25, 0.3) is 0 Å². The molecule has 0 radical (unpaired) electrons. The minimum absolute atomic E-state index is 0.0737. The summed E-state index contributed by atoms with van der Waals surface area (Å²) in [5, 5.41) is 10.5. The molecule has 0 spiro atoms. The summed E-state index contributed by atoms with van der Waals surface area (Å²) in [6.45, 7) is 3.61. The Labute approximate surface area is 273 Å². The molecule has 0 amide bonds. The van der Waals surface area contributed by atoms with Gasteiger partial charge in [0.1, 0.15) is 35.2 Å². The van der Waals surface area contributed by atoms with Gasteiger partial charge in [-0.1, -0.05) is 0 Å². The van der Waals surface area contributed by atoms with Crippen molar-refractivity contribution in [2.45, 2.75) is 58.4 Å². The molecule has 1 aliphatic heterocycles. The van der Waals surface area contributed by atoms with Gasteiger partial charge in [0.15, 0.2) is 17.3 Å². The first-order valence-corrected chi connectivity index (χ1v) is 14.3. The molecule has 2 heterocycles. The Morgan fingerprint density at radius 1 is 0.875 bits per heavy atom. The molecule has 3 aromatic rings. The van der Waals surface area contributed by atoms with E-state index >= 15 is 0 Å². The van der Waals surface area contributed by atoms with Gasteiger partial charge in [-0.2, -0.15) is 0 Å². The monoisotopic (exact) mass is 674 g/mol. The predicted octanol–water partition coefficient (Wildman–Crippen LogP) is 3.00. The fourth-order valence-electron chi connectivity index (χ4n) is 5.17. The van der Waals surface area contributed by atoms with Crippen LogP contribution in [0.2, 0.25) is 0 Å². The number of rotatable bonds is 11. The maximum atomic E-state index is 14.1. The second-order valence-corrected chi connectivity index (χ2v) is 10.4. The summed E-state index contributed by atoms with van der Waals surface area (Å²) in [4.78, 5) is 62.8. The number of hydrogen-bond acceptors (Lipinski definition) is 16. The van der Waals surface area contributed by atoms with Crippen molar-refractivity contribution in [2.24, 2.45) is 0 Å². The zero-order valence-electron chi connectivity index (χ0n) is 27.1. The highest BCUT2D eigenvalue weighted by molar-refractivity contribution is 5.88. The van der Waals surface area contributed by atoms with Crippen LogP contribution in [-0.4, -0.2) is 81.2 Å². The molecular weight excluding hydrogens is 640 g/mol. The molecule has 16 nitrogen and oxygen atoms in total. The van der Waals surface area contributed by atoms with E-state index in [0.717, 1.165) is 27.7 Å². The molecule has 1 aromatic heterocycles. The molecule has 1 aliphatic rings. The smallest absolute Gasteiger partial charge is 0.306 e. The number of hydrogen-bond donors (Lipinski definition) is 1. The van der Waals surface area contributed by atoms with Crippen LogP contribution in [0.1, 0.15) is 34.1 Å². The summed E-state index contributed by atoms with van der Waals surface area (Å²) in [6.07, 6.45) is -5.41. The van der Waals surface area contributed by atoms with Gasteiger partial charge in [0.05, 0.1) is 27.8 Å². The van der Waals surface area contributed by atoms with Gasteiger partial charge in [-0.25, -0.2) is 0 Å². The van der Waals surface area contributed by atoms with Gasteiger partial charge in [-0.3, -0.25) is 24.0 Å². The minimum Gasteiger partial charge on any atom is -0.507 e. The number of esters is 4. The average Bonchev–Trinajstić information content (AvgIpc) is 3.01. The Morgan fingerprint density at radius 3 is 2.10 bits per heavy atom. The van der Waals surface area contributed by atoms with E-state index in [1.807, 2.05) is 0 Å². The first-order valence-electron chi connectivity index (χ1n) is 14.3. The van der Waals surface area contributed by atoms with Crippen LogP contribution in [0.25, 0.3) is 22.3 Å². The number of aromatic hydroxyl groups is 1. The summed E-state index contributed by atoms with van der Waals surface area (Å²) in [5.41, 5.74) is -0.690. The maximum absolute atomic E-state index is 14.1. The number of phenols is 1. The first kappa shape index (κ1) is 35.3. The van der Waals surface area contributed by atoms with Crippen molar-refractivity contribution in [3.8, 4) is 40.1 Å². The van der Waals surface area contributed by atoms with E-state index in [4.69, 9.17) is 47.0 Å². The second kappa shape index (κ2) is 14.5. The summed E-state index contributed by atoms with van der Waals surface area (Å²) in [6, 6.07) is 7.17. The maximum Gasteiger partial charge on any atom is 0.306 e. The molecule has 3 unspecified atom stereocenters. The molecule has 1 N–H and O–H groups in total. The van der Waals surface area contributed by atoms with Crippen LogP contribution >= 0.6 is 0 Å². The number of benzene rings is 2. The lowest BCUT2D eigenvalue weighted by molar-refractivity contribution is -0.338. The SMILES string of the molecule is COc1cc(O)c2c(=O)c(OC3CC(OC(C)=O)(OC(C)=O)C(OC(C)=O)C(COC(C)=O)O3)c(-c3ccc(OC)c(OC)c3)oc2c1. The van der Waals surface area contributed by atoms with Crippen LogP contribution in [0.4, 0.5) is 0 Å². The van der Waals surface area contributed by atoms with Crippen LogP contribution in [0, 0.1) is 0 Å². The highest BCUT2D eigenvalue weighted by atomic mass is 16.8. The van der Waals surface area contributed by atoms with E-state index in [0.29, 0.717) is 5.75 Å². The van der Waals surface area contributed by atoms with Crippen molar-refractivity contribution < 1.29 is 71.3 Å². The van der Waals surface area contributed by atoms with E-state index in [1.165, 1.54) is 39.5 Å². The van der Waals surface area contributed by atoms with E-state index in [1.54, 1.807) is 12.1 Å². The molecule has 16 heteroatoms. The van der Waals surface area contributed by atoms with E-state index in [-0.39, 0.29) is 33.8 Å². The Balaban J connectivity index is 1.95. The Bertz CT molecular complexity index is 1760. The summed E-state index contributed by atoms with van der Waals surface area (Å²) in [5.74, 6) is -6.27. The standard InChI is InChI=1S/C32H34O16/c1-15(33)42-14-25-31(43-16(2)34)32(47-17(3)35,48-18(4)36)13-26(44-25)46-30-28(38)27-21(37)11-20(39-5)12-24(27)45-29(30)19-8-9-22(40-6)23(10-19)41-7/h8-12,25-26,31,37H,13-14H2,1-7H3. The third-order valence-electron chi connectivity index (χ3n) is 6.96. The average molecular weight is 675 g/mol. The molecule has 0 aliphatic carbocycles. The van der Waals surface area contributed by atoms with E-state index < -0.39 is 78.1 Å².